The third-order valence-corrected chi connectivity index (χ3v) is 4.02. The average Bonchev–Trinajstić information content (AvgIpc) is 2.47. The Bertz CT molecular complexity index is 477. The van der Waals surface area contributed by atoms with Crippen molar-refractivity contribution in [1.29, 1.82) is 0 Å². The molecular weight excluding hydrogens is 296 g/mol. The van der Waals surface area contributed by atoms with Crippen LogP contribution >= 0.6 is 12.6 Å². The van der Waals surface area contributed by atoms with Gasteiger partial charge in [-0.05, 0) is 30.7 Å². The van der Waals surface area contributed by atoms with Gasteiger partial charge in [-0.3, -0.25) is 9.59 Å². The summed E-state index contributed by atoms with van der Waals surface area (Å²) in [6.45, 7) is 3.99. The van der Waals surface area contributed by atoms with Gasteiger partial charge in [0.15, 0.2) is 0 Å². The van der Waals surface area contributed by atoms with Gasteiger partial charge in [-0.2, -0.15) is 12.6 Å². The number of aryl methyl sites for hydroxylation is 1. The fourth-order valence-electron chi connectivity index (χ4n) is 2.30. The molecule has 0 saturated heterocycles. The smallest absolute Gasteiger partial charge is 0.240 e. The quantitative estimate of drug-likeness (QED) is 0.610. The topological polar surface area (TPSA) is 72.2 Å². The molecule has 0 spiro atoms. The standard InChI is InChI=1S/C17H26N2O2S/c1-12(2)10-15(16(18)20)19-17(21)14(11-22)9-8-13-6-4-3-5-7-13/h3-7,12,14-15,22H,8-11H2,1-2H3,(H2,18,20)(H,19,21). The van der Waals surface area contributed by atoms with Crippen molar-refractivity contribution >= 4 is 24.4 Å². The fraction of sp³-hybridized carbons (Fsp3) is 0.529. The number of amides is 2. The highest BCUT2D eigenvalue weighted by Crippen LogP contribution is 2.13. The lowest BCUT2D eigenvalue weighted by Crippen LogP contribution is -2.47. The van der Waals surface area contributed by atoms with Gasteiger partial charge in [0, 0.05) is 11.7 Å². The Morgan fingerprint density at radius 1 is 1.23 bits per heavy atom. The first kappa shape index (κ1) is 18.6. The zero-order chi connectivity index (χ0) is 16.5. The van der Waals surface area contributed by atoms with Gasteiger partial charge in [-0.25, -0.2) is 0 Å². The molecule has 0 aliphatic heterocycles. The molecule has 0 heterocycles. The minimum absolute atomic E-state index is 0.143. The summed E-state index contributed by atoms with van der Waals surface area (Å²) in [5.74, 6) is -0.112. The molecule has 5 heteroatoms. The Kier molecular flexibility index (Phi) is 8.02. The lowest BCUT2D eigenvalue weighted by atomic mass is 9.98. The summed E-state index contributed by atoms with van der Waals surface area (Å²) in [4.78, 5) is 23.8. The molecule has 0 bridgehead atoms. The minimum atomic E-state index is -0.605. The summed E-state index contributed by atoms with van der Waals surface area (Å²) < 4.78 is 0. The molecule has 0 aliphatic carbocycles. The third-order valence-electron chi connectivity index (χ3n) is 3.58. The summed E-state index contributed by atoms with van der Waals surface area (Å²) in [6.07, 6.45) is 2.07. The van der Waals surface area contributed by atoms with E-state index in [1.54, 1.807) is 0 Å². The lowest BCUT2D eigenvalue weighted by Gasteiger charge is -2.21. The van der Waals surface area contributed by atoms with E-state index in [9.17, 15) is 9.59 Å². The van der Waals surface area contributed by atoms with Crippen molar-refractivity contribution in [3.63, 3.8) is 0 Å². The zero-order valence-electron chi connectivity index (χ0n) is 13.3. The maximum Gasteiger partial charge on any atom is 0.240 e. The van der Waals surface area contributed by atoms with Gasteiger partial charge in [-0.15, -0.1) is 0 Å². The molecular formula is C17H26N2O2S. The molecule has 0 radical (unpaired) electrons. The molecule has 2 unspecified atom stereocenters. The van der Waals surface area contributed by atoms with Gasteiger partial charge >= 0.3 is 0 Å². The largest absolute Gasteiger partial charge is 0.368 e. The Balaban J connectivity index is 2.57. The minimum Gasteiger partial charge on any atom is -0.368 e. The van der Waals surface area contributed by atoms with Crippen LogP contribution in [0.15, 0.2) is 30.3 Å². The number of benzene rings is 1. The summed E-state index contributed by atoms with van der Waals surface area (Å²) in [6, 6.07) is 9.41. The van der Waals surface area contributed by atoms with Gasteiger partial charge < -0.3 is 11.1 Å². The maximum absolute atomic E-state index is 12.3. The highest BCUT2D eigenvalue weighted by atomic mass is 32.1. The number of carbonyl (C=O) groups is 2. The van der Waals surface area contributed by atoms with Crippen molar-refractivity contribution in [1.82, 2.24) is 5.32 Å². The zero-order valence-corrected chi connectivity index (χ0v) is 14.2. The first-order chi connectivity index (χ1) is 10.4. The van der Waals surface area contributed by atoms with Crippen molar-refractivity contribution in [2.24, 2.45) is 17.6 Å². The Labute approximate surface area is 138 Å². The normalized spacial score (nSPS) is 13.6. The molecule has 1 aromatic carbocycles. The van der Waals surface area contributed by atoms with Crippen molar-refractivity contribution in [2.45, 2.75) is 39.2 Å². The van der Waals surface area contributed by atoms with E-state index in [-0.39, 0.29) is 17.7 Å². The van der Waals surface area contributed by atoms with Gasteiger partial charge in [0.05, 0.1) is 0 Å². The average molecular weight is 322 g/mol. The predicted octanol–water partition coefficient (Wildman–Crippen LogP) is 2.18. The van der Waals surface area contributed by atoms with Gasteiger partial charge in [-0.1, -0.05) is 44.2 Å². The van der Waals surface area contributed by atoms with E-state index in [0.29, 0.717) is 18.6 Å². The second-order valence-electron chi connectivity index (χ2n) is 6.00. The molecule has 0 saturated carbocycles. The molecule has 4 nitrogen and oxygen atoms in total. The number of nitrogens with two attached hydrogens (primary N) is 1. The van der Waals surface area contributed by atoms with E-state index in [0.717, 1.165) is 6.42 Å². The number of nitrogens with one attached hydrogen (secondary N) is 1. The number of rotatable bonds is 9. The van der Waals surface area contributed by atoms with Crippen LogP contribution in [-0.2, 0) is 16.0 Å². The van der Waals surface area contributed by atoms with Crippen molar-refractivity contribution in [3.8, 4) is 0 Å². The van der Waals surface area contributed by atoms with E-state index in [1.165, 1.54) is 5.56 Å². The third kappa shape index (κ3) is 6.52. The van der Waals surface area contributed by atoms with Crippen LogP contribution in [0.5, 0.6) is 0 Å². The molecule has 2 amide bonds. The highest BCUT2D eigenvalue weighted by Gasteiger charge is 2.23. The summed E-state index contributed by atoms with van der Waals surface area (Å²) in [5.41, 5.74) is 6.56. The van der Waals surface area contributed by atoms with E-state index < -0.39 is 11.9 Å². The van der Waals surface area contributed by atoms with Crippen LogP contribution in [0.1, 0.15) is 32.3 Å². The van der Waals surface area contributed by atoms with Crippen molar-refractivity contribution < 1.29 is 9.59 Å². The number of hydrogen-bond donors (Lipinski definition) is 3. The van der Waals surface area contributed by atoms with Gasteiger partial charge in [0.25, 0.3) is 0 Å². The van der Waals surface area contributed by atoms with Crippen molar-refractivity contribution in [3.05, 3.63) is 35.9 Å². The number of primary amides is 1. The molecule has 22 heavy (non-hydrogen) atoms. The lowest BCUT2D eigenvalue weighted by molar-refractivity contribution is -0.129. The molecule has 122 valence electrons. The number of carbonyl (C=O) groups excluding carboxylic acids is 2. The Hall–Kier alpha value is -1.49. The van der Waals surface area contributed by atoms with Gasteiger partial charge in [0.1, 0.15) is 6.04 Å². The molecule has 3 N–H and O–H groups in total. The molecule has 0 aliphatic rings. The van der Waals surface area contributed by atoms with Crippen LogP contribution in [0.3, 0.4) is 0 Å². The number of thiol groups is 1. The Morgan fingerprint density at radius 3 is 2.36 bits per heavy atom. The second-order valence-corrected chi connectivity index (χ2v) is 6.36. The Morgan fingerprint density at radius 2 is 1.86 bits per heavy atom. The SMILES string of the molecule is CC(C)CC(NC(=O)C(CS)CCc1ccccc1)C(N)=O. The molecule has 1 aromatic rings. The summed E-state index contributed by atoms with van der Waals surface area (Å²) >= 11 is 4.27. The first-order valence-corrected chi connectivity index (χ1v) is 8.31. The predicted molar refractivity (Wildman–Crippen MR) is 92.7 cm³/mol. The van der Waals surface area contributed by atoms with Crippen LogP contribution in [0.2, 0.25) is 0 Å². The summed E-state index contributed by atoms with van der Waals surface area (Å²) in [7, 11) is 0. The van der Waals surface area contributed by atoms with Crippen LogP contribution in [0, 0.1) is 11.8 Å². The van der Waals surface area contributed by atoms with E-state index in [1.807, 2.05) is 44.2 Å². The molecule has 0 fully saturated rings. The van der Waals surface area contributed by atoms with Gasteiger partial charge in [0.2, 0.25) is 11.8 Å². The molecule has 0 aromatic heterocycles. The first-order valence-electron chi connectivity index (χ1n) is 7.68. The van der Waals surface area contributed by atoms with E-state index in [4.69, 9.17) is 5.73 Å². The monoisotopic (exact) mass is 322 g/mol. The fourth-order valence-corrected chi connectivity index (χ4v) is 2.65. The van der Waals surface area contributed by atoms with Crippen LogP contribution < -0.4 is 11.1 Å². The summed E-state index contributed by atoms with van der Waals surface area (Å²) in [5, 5.41) is 2.77. The van der Waals surface area contributed by atoms with Crippen molar-refractivity contribution in [2.75, 3.05) is 5.75 Å². The number of hydrogen-bond acceptors (Lipinski definition) is 3. The molecule has 2 atom stereocenters. The highest BCUT2D eigenvalue weighted by molar-refractivity contribution is 7.80. The maximum atomic E-state index is 12.3. The van der Waals surface area contributed by atoms with E-state index >= 15 is 0 Å². The molecule has 1 rings (SSSR count). The van der Waals surface area contributed by atoms with Crippen LogP contribution in [0.4, 0.5) is 0 Å². The van der Waals surface area contributed by atoms with E-state index in [2.05, 4.69) is 17.9 Å². The van der Waals surface area contributed by atoms with Crippen LogP contribution in [0.25, 0.3) is 0 Å². The second kappa shape index (κ2) is 9.51. The van der Waals surface area contributed by atoms with Crippen LogP contribution in [-0.4, -0.2) is 23.6 Å².